The highest BCUT2D eigenvalue weighted by atomic mass is 35.5. The fourth-order valence-electron chi connectivity index (χ4n) is 3.98. The first-order valence-electron chi connectivity index (χ1n) is 9.92. The van der Waals surface area contributed by atoms with E-state index in [1.807, 2.05) is 24.3 Å². The number of para-hydroxylation sites is 1. The molecule has 0 aliphatic carbocycles. The Balaban J connectivity index is 1.55. The molecule has 156 valence electrons. The molecular weight excluding hydrogens is 405 g/mol. The predicted octanol–water partition coefficient (Wildman–Crippen LogP) is 4.45. The number of halogens is 2. The molecule has 1 amide bonds. The molecule has 7 heteroatoms. The van der Waals surface area contributed by atoms with Crippen molar-refractivity contribution in [1.82, 2.24) is 15.1 Å². The summed E-state index contributed by atoms with van der Waals surface area (Å²) in [6.45, 7) is 3.52. The molecule has 30 heavy (non-hydrogen) atoms. The van der Waals surface area contributed by atoms with Crippen molar-refractivity contribution >= 4 is 17.5 Å². The Morgan fingerprint density at radius 3 is 2.60 bits per heavy atom. The first-order chi connectivity index (χ1) is 14.5. The second kappa shape index (κ2) is 8.58. The fourth-order valence-corrected chi connectivity index (χ4v) is 4.10. The first-order valence-corrected chi connectivity index (χ1v) is 10.3. The molecule has 1 N–H and O–H groups in total. The molecule has 1 saturated heterocycles. The fraction of sp³-hybridized carbons (Fsp3) is 0.304. The third-order valence-electron chi connectivity index (χ3n) is 5.83. The minimum absolute atomic E-state index is 0.214. The second-order valence-corrected chi connectivity index (χ2v) is 8.03. The average molecular weight is 428 g/mol. The highest BCUT2D eigenvalue weighted by molar-refractivity contribution is 6.30. The lowest BCUT2D eigenvalue weighted by atomic mass is 9.74. The molecule has 3 aromatic rings. The van der Waals surface area contributed by atoms with Gasteiger partial charge in [-0.05, 0) is 49.6 Å². The number of carbonyl (C=O) groups excluding carboxylic acids is 1. The van der Waals surface area contributed by atoms with E-state index in [2.05, 4.69) is 10.4 Å². The van der Waals surface area contributed by atoms with Gasteiger partial charge in [0, 0.05) is 30.2 Å². The van der Waals surface area contributed by atoms with Crippen LogP contribution >= 0.6 is 11.6 Å². The van der Waals surface area contributed by atoms with Gasteiger partial charge in [-0.2, -0.15) is 5.10 Å². The summed E-state index contributed by atoms with van der Waals surface area (Å²) in [6, 6.07) is 14.1. The van der Waals surface area contributed by atoms with Crippen LogP contribution in [0.5, 0.6) is 0 Å². The minimum atomic E-state index is -0.389. The number of carbonyl (C=O) groups is 1. The number of nitrogens with zero attached hydrogens (tertiary/aromatic N) is 2. The van der Waals surface area contributed by atoms with E-state index in [0.717, 1.165) is 18.4 Å². The molecule has 1 fully saturated rings. The quantitative estimate of drug-likeness (QED) is 0.654. The lowest BCUT2D eigenvalue weighted by Crippen LogP contribution is -2.44. The van der Waals surface area contributed by atoms with Crippen LogP contribution in [0.25, 0.3) is 5.69 Å². The van der Waals surface area contributed by atoms with Crippen molar-refractivity contribution < 1.29 is 13.9 Å². The van der Waals surface area contributed by atoms with Crippen molar-refractivity contribution in [2.75, 3.05) is 19.8 Å². The van der Waals surface area contributed by atoms with E-state index in [0.29, 0.717) is 41.7 Å². The lowest BCUT2D eigenvalue weighted by molar-refractivity contribution is 0.0487. The Kier molecular flexibility index (Phi) is 5.88. The maximum absolute atomic E-state index is 14.1. The van der Waals surface area contributed by atoms with Gasteiger partial charge in [0.05, 0.1) is 17.5 Å². The van der Waals surface area contributed by atoms with E-state index >= 15 is 0 Å². The number of benzene rings is 2. The molecule has 1 aliphatic heterocycles. The first kappa shape index (κ1) is 20.6. The lowest BCUT2D eigenvalue weighted by Gasteiger charge is -2.38. The van der Waals surface area contributed by atoms with Gasteiger partial charge in [0.1, 0.15) is 11.5 Å². The van der Waals surface area contributed by atoms with E-state index in [-0.39, 0.29) is 17.1 Å². The van der Waals surface area contributed by atoms with Crippen LogP contribution < -0.4 is 5.32 Å². The van der Waals surface area contributed by atoms with Gasteiger partial charge in [-0.3, -0.25) is 4.79 Å². The van der Waals surface area contributed by atoms with E-state index in [1.54, 1.807) is 25.1 Å². The molecule has 0 spiro atoms. The van der Waals surface area contributed by atoms with Gasteiger partial charge in [0.15, 0.2) is 0 Å². The zero-order valence-corrected chi connectivity index (χ0v) is 17.5. The highest BCUT2D eigenvalue weighted by Gasteiger charge is 2.35. The number of rotatable bonds is 5. The maximum Gasteiger partial charge on any atom is 0.254 e. The van der Waals surface area contributed by atoms with Crippen LogP contribution in [0.15, 0.2) is 54.7 Å². The van der Waals surface area contributed by atoms with Crippen molar-refractivity contribution in [3.63, 3.8) is 0 Å². The van der Waals surface area contributed by atoms with Crippen molar-refractivity contribution in [2.24, 2.45) is 0 Å². The van der Waals surface area contributed by atoms with Crippen molar-refractivity contribution in [1.29, 1.82) is 0 Å². The molecular formula is C23H23ClFN3O2. The van der Waals surface area contributed by atoms with Gasteiger partial charge in [-0.15, -0.1) is 0 Å². The van der Waals surface area contributed by atoms with Gasteiger partial charge >= 0.3 is 0 Å². The summed E-state index contributed by atoms with van der Waals surface area (Å²) < 4.78 is 21.1. The Morgan fingerprint density at radius 2 is 1.90 bits per heavy atom. The number of hydrogen-bond donors (Lipinski definition) is 1. The van der Waals surface area contributed by atoms with Crippen molar-refractivity contribution in [2.45, 2.75) is 25.2 Å². The number of amides is 1. The predicted molar refractivity (Wildman–Crippen MR) is 114 cm³/mol. The Labute approximate surface area is 179 Å². The number of nitrogens with one attached hydrogen (secondary N) is 1. The molecule has 2 aromatic carbocycles. The molecule has 2 heterocycles. The summed E-state index contributed by atoms with van der Waals surface area (Å²) >= 11 is 6.05. The SMILES string of the molecule is Cc1c(C(=O)NCC2(c3ccc(Cl)cc3)CCOCC2)cnn1-c1ccccc1F. The smallest absolute Gasteiger partial charge is 0.254 e. The average Bonchev–Trinajstić information content (AvgIpc) is 3.15. The van der Waals surface area contributed by atoms with Crippen LogP contribution in [0.4, 0.5) is 4.39 Å². The standard InChI is InChI=1S/C23H23ClFN3O2/c1-16-19(14-27-28(16)21-5-3-2-4-20(21)25)22(29)26-15-23(10-12-30-13-11-23)17-6-8-18(24)9-7-17/h2-9,14H,10-13,15H2,1H3,(H,26,29). The summed E-state index contributed by atoms with van der Waals surface area (Å²) in [4.78, 5) is 13.0. The van der Waals surface area contributed by atoms with Crippen LogP contribution in [-0.4, -0.2) is 35.4 Å². The minimum Gasteiger partial charge on any atom is -0.381 e. The third kappa shape index (κ3) is 3.98. The Morgan fingerprint density at radius 1 is 1.20 bits per heavy atom. The maximum atomic E-state index is 14.1. The summed E-state index contributed by atoms with van der Waals surface area (Å²) in [6.07, 6.45) is 3.10. The molecule has 5 nitrogen and oxygen atoms in total. The summed E-state index contributed by atoms with van der Waals surface area (Å²) in [7, 11) is 0. The number of ether oxygens (including phenoxy) is 1. The topological polar surface area (TPSA) is 56.1 Å². The van der Waals surface area contributed by atoms with Crippen LogP contribution in [-0.2, 0) is 10.2 Å². The molecule has 0 saturated carbocycles. The van der Waals surface area contributed by atoms with Gasteiger partial charge in [-0.25, -0.2) is 9.07 Å². The van der Waals surface area contributed by atoms with E-state index < -0.39 is 0 Å². The normalized spacial score (nSPS) is 15.7. The molecule has 0 bridgehead atoms. The zero-order chi connectivity index (χ0) is 21.1. The van der Waals surface area contributed by atoms with Gasteiger partial charge in [0.2, 0.25) is 0 Å². The van der Waals surface area contributed by atoms with Crippen LogP contribution in [0, 0.1) is 12.7 Å². The van der Waals surface area contributed by atoms with E-state index in [4.69, 9.17) is 16.3 Å². The Bertz CT molecular complexity index is 1040. The van der Waals surface area contributed by atoms with Gasteiger partial charge in [0.25, 0.3) is 5.91 Å². The van der Waals surface area contributed by atoms with E-state index in [1.165, 1.54) is 16.9 Å². The van der Waals surface area contributed by atoms with Crippen molar-refractivity contribution in [3.05, 3.63) is 82.4 Å². The van der Waals surface area contributed by atoms with Crippen LogP contribution in [0.3, 0.4) is 0 Å². The van der Waals surface area contributed by atoms with Gasteiger partial charge in [-0.1, -0.05) is 35.9 Å². The van der Waals surface area contributed by atoms with Crippen molar-refractivity contribution in [3.8, 4) is 5.69 Å². The third-order valence-corrected chi connectivity index (χ3v) is 6.08. The molecule has 0 atom stereocenters. The zero-order valence-electron chi connectivity index (χ0n) is 16.7. The summed E-state index contributed by atoms with van der Waals surface area (Å²) in [5.41, 5.74) is 2.25. The Hall–Kier alpha value is -2.70. The second-order valence-electron chi connectivity index (χ2n) is 7.59. The molecule has 1 aromatic heterocycles. The van der Waals surface area contributed by atoms with E-state index in [9.17, 15) is 9.18 Å². The number of aromatic nitrogens is 2. The van der Waals surface area contributed by atoms with Gasteiger partial charge < -0.3 is 10.1 Å². The molecule has 0 unspecified atom stereocenters. The monoisotopic (exact) mass is 427 g/mol. The largest absolute Gasteiger partial charge is 0.381 e. The summed E-state index contributed by atoms with van der Waals surface area (Å²) in [5.74, 6) is -0.616. The number of hydrogen-bond acceptors (Lipinski definition) is 3. The highest BCUT2D eigenvalue weighted by Crippen LogP contribution is 2.35. The summed E-state index contributed by atoms with van der Waals surface area (Å²) in [5, 5.41) is 7.98. The molecule has 1 aliphatic rings. The van der Waals surface area contributed by atoms with Crippen LogP contribution in [0.2, 0.25) is 5.02 Å². The molecule has 0 radical (unpaired) electrons. The van der Waals surface area contributed by atoms with Crippen LogP contribution in [0.1, 0.15) is 34.5 Å². The molecule has 4 rings (SSSR count).